The van der Waals surface area contributed by atoms with E-state index in [0.717, 1.165) is 39.1 Å². The van der Waals surface area contributed by atoms with Crippen molar-refractivity contribution >= 4 is 32.8 Å². The van der Waals surface area contributed by atoms with Crippen LogP contribution in [0.4, 0.5) is 10.5 Å². The monoisotopic (exact) mass is 688 g/mol. The lowest BCUT2D eigenvalue weighted by molar-refractivity contribution is 0.0240. The Hall–Kier alpha value is -5.42. The van der Waals surface area contributed by atoms with Gasteiger partial charge in [0.15, 0.2) is 5.65 Å². The van der Waals surface area contributed by atoms with E-state index in [1.807, 2.05) is 75.0 Å². The van der Waals surface area contributed by atoms with Crippen LogP contribution in [-0.4, -0.2) is 69.9 Å². The van der Waals surface area contributed by atoms with E-state index in [4.69, 9.17) is 9.72 Å². The number of carbonyl (C=O) groups excluding carboxylic acids is 1. The molecule has 256 valence electrons. The zero-order valence-corrected chi connectivity index (χ0v) is 29.5. The second-order valence-corrected chi connectivity index (χ2v) is 15.5. The summed E-state index contributed by atoms with van der Waals surface area (Å²) in [6.45, 7) is 10.7. The number of hydrogen-bond donors (Lipinski definition) is 0. The summed E-state index contributed by atoms with van der Waals surface area (Å²) in [6.07, 6.45) is 6.80. The first-order valence-corrected chi connectivity index (χ1v) is 18.1. The first kappa shape index (κ1) is 33.1. The molecule has 50 heavy (non-hydrogen) atoms. The number of amides is 1. The van der Waals surface area contributed by atoms with Crippen molar-refractivity contribution in [1.29, 1.82) is 0 Å². The van der Waals surface area contributed by atoms with Gasteiger partial charge < -0.3 is 14.5 Å². The van der Waals surface area contributed by atoms with Gasteiger partial charge in [-0.1, -0.05) is 60.2 Å². The molecule has 0 radical (unpaired) electrons. The lowest BCUT2D eigenvalue weighted by Gasteiger charge is -2.36. The van der Waals surface area contributed by atoms with Crippen molar-refractivity contribution in [3.05, 3.63) is 121 Å². The summed E-state index contributed by atoms with van der Waals surface area (Å²) in [7, 11) is -3.94. The van der Waals surface area contributed by atoms with Gasteiger partial charge in [0.1, 0.15) is 5.60 Å². The highest BCUT2D eigenvalue weighted by Crippen LogP contribution is 2.35. The Kier molecular flexibility index (Phi) is 8.69. The number of pyridine rings is 1. The predicted molar refractivity (Wildman–Crippen MR) is 196 cm³/mol. The largest absolute Gasteiger partial charge is 0.444 e. The van der Waals surface area contributed by atoms with Crippen LogP contribution in [0.25, 0.3) is 33.3 Å². The summed E-state index contributed by atoms with van der Waals surface area (Å²) in [4.78, 5) is 21.5. The molecule has 3 aromatic carbocycles. The van der Waals surface area contributed by atoms with E-state index in [2.05, 4.69) is 34.3 Å². The molecule has 3 aromatic heterocycles. The first-order valence-electron chi connectivity index (χ1n) is 16.7. The van der Waals surface area contributed by atoms with Crippen LogP contribution < -0.4 is 4.90 Å². The highest BCUT2D eigenvalue weighted by molar-refractivity contribution is 7.90. The average Bonchev–Trinajstić information content (AvgIpc) is 3.73. The Labute approximate surface area is 292 Å². The van der Waals surface area contributed by atoms with Crippen LogP contribution in [0, 0.1) is 6.92 Å². The number of ether oxygens (including phenoxy) is 1. The van der Waals surface area contributed by atoms with Gasteiger partial charge in [0.2, 0.25) is 0 Å². The molecule has 10 nitrogen and oxygen atoms in total. The average molecular weight is 689 g/mol. The number of piperazine rings is 1. The number of aryl methyl sites for hydroxylation is 1. The third-order valence-corrected chi connectivity index (χ3v) is 10.5. The zero-order valence-electron chi connectivity index (χ0n) is 28.7. The Bertz CT molecular complexity index is 2250. The minimum atomic E-state index is -3.94. The molecule has 0 bridgehead atoms. The molecule has 0 atom stereocenters. The summed E-state index contributed by atoms with van der Waals surface area (Å²) >= 11 is 0. The fourth-order valence-corrected chi connectivity index (χ4v) is 7.50. The zero-order chi connectivity index (χ0) is 35.0. The third-order valence-electron chi connectivity index (χ3n) is 8.82. The van der Waals surface area contributed by atoms with Gasteiger partial charge in [0, 0.05) is 72.5 Å². The molecule has 1 aliphatic heterocycles. The normalized spacial score (nSPS) is 13.9. The van der Waals surface area contributed by atoms with Crippen LogP contribution in [0.15, 0.2) is 115 Å². The number of carbonyl (C=O) groups is 1. The second-order valence-electron chi connectivity index (χ2n) is 13.7. The standard InChI is InChI=1S/C39H40N6O4S/c1-28-10-16-34(17-11-28)50(47,48)45-27-36(32-24-41-44(26-32)25-29-8-6-5-7-9-29)35-22-31(23-40-37(35)45)30-12-14-33(15-13-30)42-18-20-43(21-19-42)38(46)49-39(2,3)4/h5-17,22-24,26-27H,18-21,25H2,1-4H3. The SMILES string of the molecule is Cc1ccc(S(=O)(=O)n2cc(-c3cnn(Cc4ccccc4)c3)c3cc(-c4ccc(N5CCN(C(=O)OC(C)(C)C)CC5)cc4)cnc32)cc1. The maximum absolute atomic E-state index is 14.0. The number of rotatable bonds is 7. The predicted octanol–water partition coefficient (Wildman–Crippen LogP) is 7.22. The topological polar surface area (TPSA) is 103 Å². The smallest absolute Gasteiger partial charge is 0.410 e. The van der Waals surface area contributed by atoms with Crippen molar-refractivity contribution in [3.8, 4) is 22.3 Å². The number of fused-ring (bicyclic) bond motifs is 1. The van der Waals surface area contributed by atoms with Crippen LogP contribution in [0.5, 0.6) is 0 Å². The van der Waals surface area contributed by atoms with E-state index in [9.17, 15) is 13.2 Å². The molecule has 0 spiro atoms. The van der Waals surface area contributed by atoms with Crippen molar-refractivity contribution in [1.82, 2.24) is 23.6 Å². The van der Waals surface area contributed by atoms with Crippen molar-refractivity contribution in [2.24, 2.45) is 0 Å². The number of anilines is 1. The van der Waals surface area contributed by atoms with Crippen LogP contribution in [0.2, 0.25) is 0 Å². The number of benzene rings is 3. The lowest BCUT2D eigenvalue weighted by Crippen LogP contribution is -2.50. The quantitative estimate of drug-likeness (QED) is 0.175. The highest BCUT2D eigenvalue weighted by atomic mass is 32.2. The molecular formula is C39H40N6O4S. The Morgan fingerprint density at radius 1 is 0.820 bits per heavy atom. The number of hydrogen-bond acceptors (Lipinski definition) is 7. The van der Waals surface area contributed by atoms with Gasteiger partial charge in [0.25, 0.3) is 10.0 Å². The molecule has 6 aromatic rings. The highest BCUT2D eigenvalue weighted by Gasteiger charge is 2.27. The molecule has 1 aliphatic rings. The van der Waals surface area contributed by atoms with Gasteiger partial charge in [-0.2, -0.15) is 5.10 Å². The maximum atomic E-state index is 14.0. The van der Waals surface area contributed by atoms with Gasteiger partial charge in [-0.3, -0.25) is 4.68 Å². The molecule has 0 saturated carbocycles. The second kappa shape index (κ2) is 13.1. The van der Waals surface area contributed by atoms with Crippen LogP contribution in [0.1, 0.15) is 31.9 Å². The van der Waals surface area contributed by atoms with E-state index in [-0.39, 0.29) is 11.0 Å². The maximum Gasteiger partial charge on any atom is 0.410 e. The Morgan fingerprint density at radius 2 is 1.52 bits per heavy atom. The fraction of sp³-hybridized carbons (Fsp3) is 0.256. The summed E-state index contributed by atoms with van der Waals surface area (Å²) in [6, 6.07) is 27.2. The summed E-state index contributed by atoms with van der Waals surface area (Å²) in [5, 5.41) is 5.31. The molecule has 1 fully saturated rings. The molecular weight excluding hydrogens is 649 g/mol. The van der Waals surface area contributed by atoms with E-state index in [1.54, 1.807) is 47.8 Å². The van der Waals surface area contributed by atoms with Crippen molar-refractivity contribution in [3.63, 3.8) is 0 Å². The minimum absolute atomic E-state index is 0.194. The summed E-state index contributed by atoms with van der Waals surface area (Å²) in [5.74, 6) is 0. The molecule has 0 N–H and O–H groups in total. The van der Waals surface area contributed by atoms with Crippen molar-refractivity contribution in [2.45, 2.75) is 44.7 Å². The molecule has 1 amide bonds. The van der Waals surface area contributed by atoms with Crippen LogP contribution in [-0.2, 0) is 21.3 Å². The molecule has 0 aliphatic carbocycles. The number of aromatic nitrogens is 4. The molecule has 7 rings (SSSR count). The van der Waals surface area contributed by atoms with Crippen molar-refractivity contribution < 1.29 is 17.9 Å². The van der Waals surface area contributed by atoms with Gasteiger partial charge in [-0.25, -0.2) is 22.2 Å². The fourth-order valence-electron chi connectivity index (χ4n) is 6.17. The van der Waals surface area contributed by atoms with E-state index in [1.165, 1.54) is 3.97 Å². The van der Waals surface area contributed by atoms with E-state index in [0.29, 0.717) is 43.8 Å². The lowest BCUT2D eigenvalue weighted by atomic mass is 10.0. The Balaban J connectivity index is 1.20. The van der Waals surface area contributed by atoms with Gasteiger partial charge >= 0.3 is 6.09 Å². The molecule has 4 heterocycles. The summed E-state index contributed by atoms with van der Waals surface area (Å²) < 4.78 is 36.6. The minimum Gasteiger partial charge on any atom is -0.444 e. The Morgan fingerprint density at radius 3 is 2.20 bits per heavy atom. The van der Waals surface area contributed by atoms with Crippen LogP contribution >= 0.6 is 0 Å². The van der Waals surface area contributed by atoms with E-state index < -0.39 is 15.6 Å². The van der Waals surface area contributed by atoms with Gasteiger partial charge in [-0.05, 0) is 69.2 Å². The van der Waals surface area contributed by atoms with Crippen molar-refractivity contribution in [2.75, 3.05) is 31.1 Å². The molecule has 1 saturated heterocycles. The first-order chi connectivity index (χ1) is 23.9. The summed E-state index contributed by atoms with van der Waals surface area (Å²) in [5.41, 5.74) is 6.32. The molecule has 0 unspecified atom stereocenters. The van der Waals surface area contributed by atoms with Gasteiger partial charge in [-0.15, -0.1) is 0 Å². The number of nitrogens with zero attached hydrogens (tertiary/aromatic N) is 6. The molecule has 11 heteroatoms. The van der Waals surface area contributed by atoms with E-state index >= 15 is 0 Å². The third kappa shape index (κ3) is 6.86. The van der Waals surface area contributed by atoms with Gasteiger partial charge in [0.05, 0.1) is 17.6 Å². The van der Waals surface area contributed by atoms with Crippen LogP contribution in [0.3, 0.4) is 0 Å².